The number of halogens is 1. The summed E-state index contributed by atoms with van der Waals surface area (Å²) in [4.78, 5) is 37.2. The summed E-state index contributed by atoms with van der Waals surface area (Å²) in [5.41, 5.74) is 3.85. The van der Waals surface area contributed by atoms with Crippen molar-refractivity contribution in [2.24, 2.45) is 0 Å². The number of hydrazine groups is 1. The Morgan fingerprint density at radius 3 is 2.32 bits per heavy atom. The largest absolute Gasteiger partial charge is 0.290 e. The maximum atomic E-state index is 12.6. The van der Waals surface area contributed by atoms with Crippen molar-refractivity contribution >= 4 is 44.0 Å². The zero-order valence-corrected chi connectivity index (χ0v) is 18.0. The number of nitrogens with zero attached hydrogens (tertiary/aromatic N) is 2. The number of hydrogen-bond acceptors (Lipinski definition) is 6. The second kappa shape index (κ2) is 9.27. The number of hydrogen-bond donors (Lipinski definition) is 2. The van der Waals surface area contributed by atoms with Gasteiger partial charge in [0.2, 0.25) is 0 Å². The van der Waals surface area contributed by atoms with E-state index >= 15 is 0 Å². The summed E-state index contributed by atoms with van der Waals surface area (Å²) in [6.45, 7) is 2.18. The number of rotatable bonds is 6. The smallest absolute Gasteiger partial charge is 0.272 e. The van der Waals surface area contributed by atoms with Gasteiger partial charge in [-0.3, -0.25) is 25.2 Å². The topological polar surface area (TPSA) is 127 Å². The molecule has 0 atom stereocenters. The molecule has 0 aliphatic heterocycles. The van der Waals surface area contributed by atoms with E-state index in [-0.39, 0.29) is 16.1 Å². The Labute approximate surface area is 182 Å². The van der Waals surface area contributed by atoms with Crippen molar-refractivity contribution < 1.29 is 18.0 Å². The molecule has 0 saturated heterocycles. The molecule has 2 N–H and O–H groups in total. The van der Waals surface area contributed by atoms with Crippen molar-refractivity contribution in [3.63, 3.8) is 0 Å². The van der Waals surface area contributed by atoms with E-state index in [0.29, 0.717) is 28.8 Å². The number of benzene rings is 2. The third-order valence-electron chi connectivity index (χ3n) is 4.33. The van der Waals surface area contributed by atoms with Crippen molar-refractivity contribution in [3.05, 3.63) is 69.6 Å². The summed E-state index contributed by atoms with van der Waals surface area (Å²) < 4.78 is 25.8. The van der Waals surface area contributed by atoms with Gasteiger partial charge in [-0.25, -0.2) is 13.1 Å². The third kappa shape index (κ3) is 5.09. The predicted octanol–water partition coefficient (Wildman–Crippen LogP) is 1.69. The SMILES string of the molecule is CCCn1nc(C(=O)NNC(=O)CS(=O)(=O)c2ccc(Cl)cc2)c2ccccc2c1=O. The fourth-order valence-corrected chi connectivity index (χ4v) is 4.15. The Morgan fingerprint density at radius 1 is 1.03 bits per heavy atom. The second-order valence-corrected chi connectivity index (χ2v) is 9.06. The highest BCUT2D eigenvalue weighted by atomic mass is 35.5. The van der Waals surface area contributed by atoms with Gasteiger partial charge >= 0.3 is 0 Å². The molecule has 0 bridgehead atoms. The maximum Gasteiger partial charge on any atom is 0.290 e. The zero-order chi connectivity index (χ0) is 22.6. The average molecular weight is 463 g/mol. The van der Waals surface area contributed by atoms with E-state index in [1.807, 2.05) is 6.92 Å². The van der Waals surface area contributed by atoms with Crippen LogP contribution >= 0.6 is 11.6 Å². The monoisotopic (exact) mass is 462 g/mol. The molecule has 0 spiro atoms. The van der Waals surface area contributed by atoms with Crippen LogP contribution < -0.4 is 16.4 Å². The number of nitrogens with one attached hydrogen (secondary N) is 2. The summed E-state index contributed by atoms with van der Waals surface area (Å²) in [5, 5.41) is 5.10. The molecule has 1 heterocycles. The van der Waals surface area contributed by atoms with Gasteiger partial charge in [-0.05, 0) is 36.8 Å². The van der Waals surface area contributed by atoms with Crippen LogP contribution in [0.4, 0.5) is 0 Å². The first kappa shape index (κ1) is 22.4. The molecule has 0 saturated carbocycles. The first-order valence-electron chi connectivity index (χ1n) is 9.30. The van der Waals surface area contributed by atoms with E-state index in [2.05, 4.69) is 16.0 Å². The van der Waals surface area contributed by atoms with E-state index in [9.17, 15) is 22.8 Å². The van der Waals surface area contributed by atoms with E-state index in [4.69, 9.17) is 11.6 Å². The Balaban J connectivity index is 1.77. The molecular formula is C20H19ClN4O5S. The fourth-order valence-electron chi connectivity index (χ4n) is 2.89. The summed E-state index contributed by atoms with van der Waals surface area (Å²) >= 11 is 5.74. The quantitative estimate of drug-likeness (QED) is 0.537. The lowest BCUT2D eigenvalue weighted by atomic mass is 10.1. The first-order valence-corrected chi connectivity index (χ1v) is 11.3. The Kier molecular flexibility index (Phi) is 6.71. The number of carbonyl (C=O) groups excluding carboxylic acids is 2. The van der Waals surface area contributed by atoms with Crippen molar-refractivity contribution in [3.8, 4) is 0 Å². The molecule has 0 radical (unpaired) electrons. The van der Waals surface area contributed by atoms with Crippen LogP contribution in [0.25, 0.3) is 10.8 Å². The number of aryl methyl sites for hydroxylation is 1. The van der Waals surface area contributed by atoms with Crippen molar-refractivity contribution in [2.75, 3.05) is 5.75 Å². The molecular weight excluding hydrogens is 444 g/mol. The lowest BCUT2D eigenvalue weighted by Crippen LogP contribution is -2.45. The number of sulfone groups is 1. The lowest BCUT2D eigenvalue weighted by Gasteiger charge is -2.11. The van der Waals surface area contributed by atoms with Crippen LogP contribution in [0.3, 0.4) is 0 Å². The summed E-state index contributed by atoms with van der Waals surface area (Å²) in [6, 6.07) is 11.9. The van der Waals surface area contributed by atoms with Crippen LogP contribution in [0.2, 0.25) is 5.02 Å². The van der Waals surface area contributed by atoms with Gasteiger partial charge < -0.3 is 0 Å². The van der Waals surface area contributed by atoms with Gasteiger partial charge in [0.1, 0.15) is 5.75 Å². The lowest BCUT2D eigenvalue weighted by molar-refractivity contribution is -0.119. The molecule has 0 aliphatic rings. The van der Waals surface area contributed by atoms with Crippen molar-refractivity contribution in [2.45, 2.75) is 24.8 Å². The molecule has 0 aliphatic carbocycles. The molecule has 3 rings (SSSR count). The highest BCUT2D eigenvalue weighted by Crippen LogP contribution is 2.15. The molecule has 162 valence electrons. The highest BCUT2D eigenvalue weighted by Gasteiger charge is 2.21. The molecule has 3 aromatic rings. The Hall–Kier alpha value is -3.24. The van der Waals surface area contributed by atoms with E-state index in [0.717, 1.165) is 0 Å². The number of amides is 2. The number of aromatic nitrogens is 2. The minimum absolute atomic E-state index is 0.0653. The molecule has 2 aromatic carbocycles. The third-order valence-corrected chi connectivity index (χ3v) is 6.21. The highest BCUT2D eigenvalue weighted by molar-refractivity contribution is 7.92. The zero-order valence-electron chi connectivity index (χ0n) is 16.5. The van der Waals surface area contributed by atoms with Crippen molar-refractivity contribution in [1.82, 2.24) is 20.6 Å². The Morgan fingerprint density at radius 2 is 1.68 bits per heavy atom. The van der Waals surface area contributed by atoms with E-state index in [1.54, 1.807) is 24.3 Å². The van der Waals surface area contributed by atoms with Crippen LogP contribution in [0.1, 0.15) is 23.8 Å². The van der Waals surface area contributed by atoms with Crippen LogP contribution in [0.5, 0.6) is 0 Å². The number of fused-ring (bicyclic) bond motifs is 1. The molecule has 1 aromatic heterocycles. The van der Waals surface area contributed by atoms with Crippen LogP contribution in [-0.4, -0.2) is 35.8 Å². The van der Waals surface area contributed by atoms with Crippen LogP contribution in [0.15, 0.2) is 58.2 Å². The van der Waals surface area contributed by atoms with Gasteiger partial charge in [0.25, 0.3) is 17.4 Å². The first-order chi connectivity index (χ1) is 14.7. The normalized spacial score (nSPS) is 11.3. The molecule has 2 amide bonds. The summed E-state index contributed by atoms with van der Waals surface area (Å²) in [6.07, 6.45) is 0.631. The number of carbonyl (C=O) groups is 2. The van der Waals surface area contributed by atoms with Gasteiger partial charge in [0, 0.05) is 17.0 Å². The fraction of sp³-hybridized carbons (Fsp3) is 0.200. The van der Waals surface area contributed by atoms with Crippen LogP contribution in [-0.2, 0) is 21.2 Å². The minimum Gasteiger partial charge on any atom is -0.272 e. The van der Waals surface area contributed by atoms with Crippen molar-refractivity contribution in [1.29, 1.82) is 0 Å². The Bertz CT molecular complexity index is 1300. The van der Waals surface area contributed by atoms with Gasteiger partial charge in [-0.1, -0.05) is 36.7 Å². The molecule has 0 unspecified atom stereocenters. The average Bonchev–Trinajstić information content (AvgIpc) is 2.74. The predicted molar refractivity (Wildman–Crippen MR) is 115 cm³/mol. The minimum atomic E-state index is -3.93. The second-order valence-electron chi connectivity index (χ2n) is 6.64. The summed E-state index contributed by atoms with van der Waals surface area (Å²) in [5.74, 6) is -2.59. The van der Waals surface area contributed by atoms with E-state index in [1.165, 1.54) is 28.9 Å². The van der Waals surface area contributed by atoms with Gasteiger partial charge in [0.15, 0.2) is 15.5 Å². The van der Waals surface area contributed by atoms with Gasteiger partial charge in [0.05, 0.1) is 10.3 Å². The maximum absolute atomic E-state index is 12.6. The molecule has 0 fully saturated rings. The van der Waals surface area contributed by atoms with Gasteiger partial charge in [-0.15, -0.1) is 0 Å². The van der Waals surface area contributed by atoms with E-state index < -0.39 is 27.4 Å². The molecule has 11 heteroatoms. The van der Waals surface area contributed by atoms with Gasteiger partial charge in [-0.2, -0.15) is 5.10 Å². The molecule has 31 heavy (non-hydrogen) atoms. The summed E-state index contributed by atoms with van der Waals surface area (Å²) in [7, 11) is -3.93. The standard InChI is InChI=1S/C20H19ClN4O5S/c1-2-11-25-20(28)16-6-4-3-5-15(16)18(24-25)19(27)23-22-17(26)12-31(29,30)14-9-7-13(21)8-10-14/h3-10H,2,11-12H2,1H3,(H,22,26)(H,23,27). The molecule has 9 nitrogen and oxygen atoms in total. The van der Waals surface area contributed by atoms with Crippen LogP contribution in [0, 0.1) is 0 Å².